The summed E-state index contributed by atoms with van der Waals surface area (Å²) in [4.78, 5) is 32.4. The van der Waals surface area contributed by atoms with Crippen molar-refractivity contribution >= 4 is 29.1 Å². The molecule has 0 saturated heterocycles. The second-order valence-corrected chi connectivity index (χ2v) is 8.69. The fourth-order valence-electron chi connectivity index (χ4n) is 4.13. The number of aromatic nitrogens is 3. The number of benzene rings is 1. The molecule has 0 bridgehead atoms. The molecule has 1 atom stereocenters. The molecular weight excluding hydrogens is 438 g/mol. The Morgan fingerprint density at radius 1 is 1.24 bits per heavy atom. The van der Waals surface area contributed by atoms with Gasteiger partial charge in [-0.05, 0) is 42.5 Å². The van der Waals surface area contributed by atoms with Crippen molar-refractivity contribution in [3.8, 4) is 0 Å². The predicted octanol–water partition coefficient (Wildman–Crippen LogP) is 4.43. The number of nitrogens with one attached hydrogen (secondary N) is 1. The van der Waals surface area contributed by atoms with Crippen LogP contribution in [0.2, 0.25) is 5.15 Å². The van der Waals surface area contributed by atoms with Gasteiger partial charge in [0.05, 0.1) is 17.4 Å². The molecule has 2 amide bonds. The van der Waals surface area contributed by atoms with Crippen LogP contribution in [-0.4, -0.2) is 33.6 Å². The van der Waals surface area contributed by atoms with Gasteiger partial charge in [0, 0.05) is 26.0 Å². The maximum Gasteiger partial charge on any atom is 0.262 e. The maximum atomic E-state index is 13.7. The SMILES string of the molecule is CCn1cc(N(C(=O)c2cccnc2Cl)C(C(=O)NC)c2ccc(CC3CCC3)cc2)cn1. The van der Waals surface area contributed by atoms with Gasteiger partial charge in [-0.15, -0.1) is 0 Å². The van der Waals surface area contributed by atoms with E-state index < -0.39 is 11.9 Å². The van der Waals surface area contributed by atoms with Crippen molar-refractivity contribution in [3.05, 3.63) is 76.8 Å². The third-order valence-corrected chi connectivity index (χ3v) is 6.53. The Balaban J connectivity index is 1.76. The van der Waals surface area contributed by atoms with Crippen LogP contribution in [0.25, 0.3) is 0 Å². The maximum absolute atomic E-state index is 13.7. The number of pyridine rings is 1. The lowest BCUT2D eigenvalue weighted by molar-refractivity contribution is -0.122. The Morgan fingerprint density at radius 3 is 2.58 bits per heavy atom. The minimum atomic E-state index is -0.897. The van der Waals surface area contributed by atoms with Gasteiger partial charge in [0.1, 0.15) is 11.2 Å². The standard InChI is InChI=1S/C25H28ClN5O2/c1-3-30-16-20(15-29-30)31(25(33)21-8-5-13-28-23(21)26)22(24(32)27-2)19-11-9-18(10-12-19)14-17-6-4-7-17/h5,8-13,15-17,22H,3-4,6-7,14H2,1-2H3,(H,27,32). The first-order chi connectivity index (χ1) is 16.0. The Labute approximate surface area is 198 Å². The molecule has 1 saturated carbocycles. The van der Waals surface area contributed by atoms with Gasteiger partial charge in [-0.1, -0.05) is 55.1 Å². The van der Waals surface area contributed by atoms with E-state index in [9.17, 15) is 9.59 Å². The molecule has 8 heteroatoms. The van der Waals surface area contributed by atoms with E-state index in [1.807, 2.05) is 19.1 Å². The zero-order valence-electron chi connectivity index (χ0n) is 18.9. The summed E-state index contributed by atoms with van der Waals surface area (Å²) in [6.45, 7) is 2.59. The number of likely N-dealkylation sites (N-methyl/N-ethyl adjacent to an activating group) is 1. The van der Waals surface area contributed by atoms with Gasteiger partial charge < -0.3 is 5.32 Å². The van der Waals surface area contributed by atoms with E-state index in [-0.39, 0.29) is 16.6 Å². The molecule has 0 spiro atoms. The summed E-state index contributed by atoms with van der Waals surface area (Å²) in [5.74, 6) is 0.0199. The van der Waals surface area contributed by atoms with Crippen molar-refractivity contribution in [3.63, 3.8) is 0 Å². The van der Waals surface area contributed by atoms with Gasteiger partial charge in [-0.2, -0.15) is 5.10 Å². The van der Waals surface area contributed by atoms with Crippen molar-refractivity contribution in [2.24, 2.45) is 5.92 Å². The Morgan fingerprint density at radius 2 is 2.00 bits per heavy atom. The largest absolute Gasteiger partial charge is 0.357 e. The van der Waals surface area contributed by atoms with E-state index in [0.717, 1.165) is 12.3 Å². The summed E-state index contributed by atoms with van der Waals surface area (Å²) in [7, 11) is 1.56. The van der Waals surface area contributed by atoms with Gasteiger partial charge in [-0.25, -0.2) is 4.98 Å². The second kappa shape index (κ2) is 10.2. The van der Waals surface area contributed by atoms with Crippen LogP contribution in [0.5, 0.6) is 0 Å². The highest BCUT2D eigenvalue weighted by atomic mass is 35.5. The van der Waals surface area contributed by atoms with E-state index in [1.165, 1.54) is 35.9 Å². The third kappa shape index (κ3) is 4.93. The number of carbonyl (C=O) groups excluding carboxylic acids is 2. The smallest absolute Gasteiger partial charge is 0.262 e. The van der Waals surface area contributed by atoms with Crippen molar-refractivity contribution in [1.82, 2.24) is 20.1 Å². The highest BCUT2D eigenvalue weighted by molar-refractivity contribution is 6.33. The molecule has 3 aromatic rings. The molecule has 172 valence electrons. The molecule has 7 nitrogen and oxygen atoms in total. The topological polar surface area (TPSA) is 80.1 Å². The fraction of sp³-hybridized carbons (Fsp3) is 0.360. The molecule has 1 unspecified atom stereocenters. The number of halogens is 1. The molecule has 1 aromatic carbocycles. The van der Waals surface area contributed by atoms with Crippen LogP contribution >= 0.6 is 11.6 Å². The number of nitrogens with zero attached hydrogens (tertiary/aromatic N) is 4. The lowest BCUT2D eigenvalue weighted by Crippen LogP contribution is -2.43. The Hall–Kier alpha value is -3.19. The number of hydrogen-bond donors (Lipinski definition) is 1. The van der Waals surface area contributed by atoms with E-state index in [1.54, 1.807) is 36.3 Å². The predicted molar refractivity (Wildman–Crippen MR) is 128 cm³/mol. The minimum Gasteiger partial charge on any atom is -0.357 e. The number of aryl methyl sites for hydroxylation is 1. The van der Waals surface area contributed by atoms with Gasteiger partial charge in [-0.3, -0.25) is 19.2 Å². The Bertz CT molecular complexity index is 1120. The van der Waals surface area contributed by atoms with E-state index in [2.05, 4.69) is 27.5 Å². The molecule has 4 rings (SSSR count). The van der Waals surface area contributed by atoms with Crippen molar-refractivity contribution in [1.29, 1.82) is 0 Å². The average molecular weight is 466 g/mol. The van der Waals surface area contributed by atoms with Crippen LogP contribution in [0.4, 0.5) is 5.69 Å². The zero-order chi connectivity index (χ0) is 23.4. The van der Waals surface area contributed by atoms with E-state index in [4.69, 9.17) is 11.6 Å². The molecule has 0 radical (unpaired) electrons. The van der Waals surface area contributed by atoms with Crippen LogP contribution in [0.3, 0.4) is 0 Å². The average Bonchev–Trinajstić information content (AvgIpc) is 3.28. The molecule has 1 aliphatic carbocycles. The Kier molecular flexibility index (Phi) is 7.08. The second-order valence-electron chi connectivity index (χ2n) is 8.33. The first-order valence-corrected chi connectivity index (χ1v) is 11.7. The summed E-state index contributed by atoms with van der Waals surface area (Å²) in [6.07, 6.45) is 9.77. The number of rotatable bonds is 8. The van der Waals surface area contributed by atoms with Crippen molar-refractivity contribution in [2.45, 2.75) is 45.2 Å². The van der Waals surface area contributed by atoms with Crippen LogP contribution in [0.1, 0.15) is 53.7 Å². The third-order valence-electron chi connectivity index (χ3n) is 6.23. The fourth-order valence-corrected chi connectivity index (χ4v) is 4.33. The summed E-state index contributed by atoms with van der Waals surface area (Å²) in [6, 6.07) is 10.3. The lowest BCUT2D eigenvalue weighted by atomic mass is 9.81. The molecule has 1 N–H and O–H groups in total. The van der Waals surface area contributed by atoms with Gasteiger partial charge in [0.25, 0.3) is 5.91 Å². The zero-order valence-corrected chi connectivity index (χ0v) is 19.6. The van der Waals surface area contributed by atoms with Crippen molar-refractivity contribution in [2.75, 3.05) is 11.9 Å². The van der Waals surface area contributed by atoms with E-state index >= 15 is 0 Å². The van der Waals surface area contributed by atoms with Crippen molar-refractivity contribution < 1.29 is 9.59 Å². The molecule has 2 heterocycles. The van der Waals surface area contributed by atoms with Crippen LogP contribution in [-0.2, 0) is 17.8 Å². The quantitative estimate of drug-likeness (QED) is 0.499. The van der Waals surface area contributed by atoms with E-state index in [0.29, 0.717) is 17.8 Å². The first kappa shape index (κ1) is 23.0. The van der Waals surface area contributed by atoms with Crippen LogP contribution in [0, 0.1) is 5.92 Å². The molecule has 2 aromatic heterocycles. The van der Waals surface area contributed by atoms with Gasteiger partial charge in [0.15, 0.2) is 0 Å². The van der Waals surface area contributed by atoms with Gasteiger partial charge >= 0.3 is 0 Å². The molecule has 1 aliphatic rings. The van der Waals surface area contributed by atoms with Gasteiger partial charge in [0.2, 0.25) is 5.91 Å². The number of carbonyl (C=O) groups is 2. The van der Waals surface area contributed by atoms with Crippen LogP contribution in [0.15, 0.2) is 55.0 Å². The number of hydrogen-bond acceptors (Lipinski definition) is 4. The normalized spacial score (nSPS) is 14.4. The molecule has 1 fully saturated rings. The summed E-state index contributed by atoms with van der Waals surface area (Å²) < 4.78 is 1.71. The minimum absolute atomic E-state index is 0.0851. The monoisotopic (exact) mass is 465 g/mol. The number of amides is 2. The summed E-state index contributed by atoms with van der Waals surface area (Å²) in [5.41, 5.74) is 2.68. The summed E-state index contributed by atoms with van der Waals surface area (Å²) in [5, 5.41) is 7.12. The van der Waals surface area contributed by atoms with Crippen LogP contribution < -0.4 is 10.2 Å². The molecule has 0 aliphatic heterocycles. The molecular formula is C25H28ClN5O2. The highest BCUT2D eigenvalue weighted by Crippen LogP contribution is 2.33. The number of anilines is 1. The lowest BCUT2D eigenvalue weighted by Gasteiger charge is -2.30. The summed E-state index contributed by atoms with van der Waals surface area (Å²) >= 11 is 6.26. The first-order valence-electron chi connectivity index (χ1n) is 11.3. The highest BCUT2D eigenvalue weighted by Gasteiger charge is 2.34. The molecule has 33 heavy (non-hydrogen) atoms.